The first kappa shape index (κ1) is 24.2. The molecule has 2 N–H and O–H groups in total. The number of carboxylic acids is 1. The number of halogens is 1. The van der Waals surface area contributed by atoms with Gasteiger partial charge in [-0.2, -0.15) is 0 Å². The average molecular weight is 480 g/mol. The molecule has 9 heteroatoms. The van der Waals surface area contributed by atoms with Gasteiger partial charge in [-0.25, -0.2) is 13.1 Å². The maximum atomic E-state index is 12.8. The van der Waals surface area contributed by atoms with Gasteiger partial charge in [0.15, 0.2) is 0 Å². The Morgan fingerprint density at radius 3 is 2.31 bits per heavy atom. The predicted octanol–water partition coefficient (Wildman–Crippen LogP) is 3.30. The van der Waals surface area contributed by atoms with Crippen LogP contribution < -0.4 is 4.72 Å². The molecule has 1 unspecified atom stereocenters. The zero-order valence-corrected chi connectivity index (χ0v) is 19.3. The minimum atomic E-state index is -3.72. The Labute approximate surface area is 192 Å². The number of nitrogens with one attached hydrogen (secondary N) is 1. The van der Waals surface area contributed by atoms with E-state index in [4.69, 9.17) is 21.4 Å². The zero-order valence-electron chi connectivity index (χ0n) is 17.8. The van der Waals surface area contributed by atoms with Crippen molar-refractivity contribution in [2.75, 3.05) is 7.11 Å². The van der Waals surface area contributed by atoms with Crippen molar-refractivity contribution in [3.8, 4) is 0 Å². The van der Waals surface area contributed by atoms with Crippen LogP contribution in [0, 0.1) is 0 Å². The number of carbonyl (C=O) groups is 2. The lowest BCUT2D eigenvalue weighted by molar-refractivity contribution is -0.140. The predicted molar refractivity (Wildman–Crippen MR) is 120 cm³/mol. The Bertz CT molecular complexity index is 1100. The number of aliphatic carboxylic acids is 1. The van der Waals surface area contributed by atoms with Crippen molar-refractivity contribution in [3.63, 3.8) is 0 Å². The first-order valence-electron chi connectivity index (χ1n) is 10.4. The van der Waals surface area contributed by atoms with E-state index in [9.17, 15) is 18.0 Å². The summed E-state index contributed by atoms with van der Waals surface area (Å²) < 4.78 is 33.2. The highest BCUT2D eigenvalue weighted by molar-refractivity contribution is 7.89. The number of hydrogen-bond donors (Lipinski definition) is 2. The Morgan fingerprint density at radius 1 is 1.06 bits per heavy atom. The fourth-order valence-corrected chi connectivity index (χ4v) is 5.47. The highest BCUT2D eigenvalue weighted by Gasteiger charge is 2.27. The van der Waals surface area contributed by atoms with E-state index in [0.29, 0.717) is 37.1 Å². The number of benzene rings is 2. The molecule has 32 heavy (non-hydrogen) atoms. The summed E-state index contributed by atoms with van der Waals surface area (Å²) in [5.41, 5.74) is 3.98. The van der Waals surface area contributed by atoms with Gasteiger partial charge in [0.1, 0.15) is 0 Å². The molecule has 0 saturated heterocycles. The van der Waals surface area contributed by atoms with E-state index in [2.05, 4.69) is 4.72 Å². The smallest absolute Gasteiger partial charge is 0.305 e. The van der Waals surface area contributed by atoms with Crippen molar-refractivity contribution in [1.29, 1.82) is 0 Å². The number of sulfonamides is 1. The lowest BCUT2D eigenvalue weighted by Gasteiger charge is -2.29. The van der Waals surface area contributed by atoms with Crippen LogP contribution in [0.15, 0.2) is 41.3 Å². The average Bonchev–Trinajstić information content (AvgIpc) is 2.76. The molecule has 2 aromatic rings. The number of esters is 1. The van der Waals surface area contributed by atoms with E-state index in [1.165, 1.54) is 31.4 Å². The van der Waals surface area contributed by atoms with Gasteiger partial charge >= 0.3 is 11.9 Å². The summed E-state index contributed by atoms with van der Waals surface area (Å²) in [6.07, 6.45) is 2.84. The Balaban J connectivity index is 1.84. The second kappa shape index (κ2) is 10.5. The highest BCUT2D eigenvalue weighted by atomic mass is 35.5. The molecule has 0 aliphatic heterocycles. The zero-order chi connectivity index (χ0) is 23.3. The van der Waals surface area contributed by atoms with Crippen LogP contribution in [0.4, 0.5) is 0 Å². The van der Waals surface area contributed by atoms with Crippen LogP contribution in [0.2, 0.25) is 5.02 Å². The Kier molecular flexibility index (Phi) is 7.92. The first-order chi connectivity index (χ1) is 15.2. The van der Waals surface area contributed by atoms with E-state index in [1.807, 2.05) is 12.1 Å². The van der Waals surface area contributed by atoms with Gasteiger partial charge in [0.2, 0.25) is 10.0 Å². The summed E-state index contributed by atoms with van der Waals surface area (Å²) >= 11 is 5.86. The third-order valence-corrected chi connectivity index (χ3v) is 7.49. The van der Waals surface area contributed by atoms with Crippen LogP contribution in [0.5, 0.6) is 0 Å². The van der Waals surface area contributed by atoms with Crippen molar-refractivity contribution in [1.82, 2.24) is 4.72 Å². The van der Waals surface area contributed by atoms with E-state index >= 15 is 0 Å². The minimum Gasteiger partial charge on any atom is -0.481 e. The van der Waals surface area contributed by atoms with Gasteiger partial charge in [-0.05, 0) is 78.6 Å². The van der Waals surface area contributed by atoms with Crippen LogP contribution in [-0.2, 0) is 50.0 Å². The number of fused-ring (bicyclic) bond motifs is 1. The van der Waals surface area contributed by atoms with Crippen LogP contribution in [0.25, 0.3) is 0 Å². The second-order valence-electron chi connectivity index (χ2n) is 7.83. The molecule has 0 fully saturated rings. The molecule has 1 aliphatic carbocycles. The number of ether oxygens (including phenoxy) is 1. The summed E-state index contributed by atoms with van der Waals surface area (Å²) in [6, 6.07) is 9.51. The van der Waals surface area contributed by atoms with Gasteiger partial charge in [-0.3, -0.25) is 9.59 Å². The fraction of sp³-hybridized carbons (Fsp3) is 0.391. The molecule has 2 aromatic carbocycles. The molecule has 0 bridgehead atoms. The molecule has 1 aliphatic rings. The fourth-order valence-electron chi connectivity index (χ4n) is 4.07. The van der Waals surface area contributed by atoms with Crippen LogP contribution in [-0.4, -0.2) is 38.6 Å². The molecule has 0 saturated carbocycles. The van der Waals surface area contributed by atoms with Crippen LogP contribution in [0.3, 0.4) is 0 Å². The molecule has 1 atom stereocenters. The van der Waals surface area contributed by atoms with Gasteiger partial charge in [0, 0.05) is 23.9 Å². The van der Waals surface area contributed by atoms with Gasteiger partial charge in [0.05, 0.1) is 12.0 Å². The monoisotopic (exact) mass is 479 g/mol. The van der Waals surface area contributed by atoms with Gasteiger partial charge in [0.25, 0.3) is 0 Å². The third-order valence-electron chi connectivity index (χ3n) is 5.70. The maximum Gasteiger partial charge on any atom is 0.305 e. The Morgan fingerprint density at radius 2 is 1.69 bits per heavy atom. The number of methoxy groups -OCH3 is 1. The lowest BCUT2D eigenvalue weighted by atomic mass is 9.81. The summed E-state index contributed by atoms with van der Waals surface area (Å²) in [5.74, 6) is -1.18. The number of hydrogen-bond acceptors (Lipinski definition) is 5. The largest absolute Gasteiger partial charge is 0.481 e. The molecule has 0 spiro atoms. The summed E-state index contributed by atoms with van der Waals surface area (Å²) in [4.78, 5) is 22.8. The summed E-state index contributed by atoms with van der Waals surface area (Å²) in [5, 5.41) is 9.56. The van der Waals surface area contributed by atoms with E-state index in [1.54, 1.807) is 0 Å². The topological polar surface area (TPSA) is 110 Å². The van der Waals surface area contributed by atoms with Crippen molar-refractivity contribution in [2.24, 2.45) is 0 Å². The molecule has 0 radical (unpaired) electrons. The van der Waals surface area contributed by atoms with Gasteiger partial charge in [-0.1, -0.05) is 23.7 Å². The molecular weight excluding hydrogens is 454 g/mol. The van der Waals surface area contributed by atoms with E-state index in [-0.39, 0.29) is 29.7 Å². The van der Waals surface area contributed by atoms with Crippen LogP contribution >= 0.6 is 11.6 Å². The Hall–Kier alpha value is -2.42. The SMILES string of the molecule is COC(=O)CCc1ccc(CCC(=O)O)c2c1CCC(NS(=O)(=O)c1ccc(Cl)cc1)C2. The molecule has 3 rings (SSSR count). The van der Waals surface area contributed by atoms with Crippen molar-refractivity contribution >= 4 is 33.6 Å². The summed E-state index contributed by atoms with van der Waals surface area (Å²) in [7, 11) is -2.37. The van der Waals surface area contributed by atoms with Gasteiger partial charge < -0.3 is 9.84 Å². The quantitative estimate of drug-likeness (QED) is 0.534. The molecule has 0 aromatic heterocycles. The lowest BCUT2D eigenvalue weighted by Crippen LogP contribution is -2.39. The molecule has 0 amide bonds. The van der Waals surface area contributed by atoms with Crippen molar-refractivity contribution in [3.05, 3.63) is 63.7 Å². The third kappa shape index (κ3) is 6.09. The number of aryl methyl sites for hydroxylation is 2. The molecular formula is C23H26ClNO6S. The molecule has 172 valence electrons. The van der Waals surface area contributed by atoms with E-state index < -0.39 is 16.0 Å². The summed E-state index contributed by atoms with van der Waals surface area (Å²) in [6.45, 7) is 0. The van der Waals surface area contributed by atoms with Crippen molar-refractivity contribution in [2.45, 2.75) is 55.9 Å². The second-order valence-corrected chi connectivity index (χ2v) is 9.98. The molecule has 0 heterocycles. The van der Waals surface area contributed by atoms with Gasteiger partial charge in [-0.15, -0.1) is 0 Å². The first-order valence-corrected chi connectivity index (χ1v) is 12.2. The van der Waals surface area contributed by atoms with Crippen LogP contribution in [0.1, 0.15) is 41.5 Å². The normalized spacial score (nSPS) is 15.8. The molecule has 7 nitrogen and oxygen atoms in total. The van der Waals surface area contributed by atoms with Crippen molar-refractivity contribution < 1.29 is 27.9 Å². The standard InChI is InChI=1S/C23H26ClNO6S/c1-31-23(28)13-5-15-2-3-16(4-12-22(26)27)21-14-18(8-11-20(15)21)25-32(29,30)19-9-6-17(24)7-10-19/h2-3,6-7,9-10,18,25H,4-5,8,11-14H2,1H3,(H,26,27). The minimum absolute atomic E-state index is 0.00485. The maximum absolute atomic E-state index is 12.8. The number of carbonyl (C=O) groups excluding carboxylic acids is 1. The van der Waals surface area contributed by atoms with E-state index in [0.717, 1.165) is 22.3 Å². The number of rotatable bonds is 9. The highest BCUT2D eigenvalue weighted by Crippen LogP contribution is 2.30. The number of carboxylic acid groups (broad SMARTS) is 1.